The van der Waals surface area contributed by atoms with Crippen LogP contribution in [0.2, 0.25) is 0 Å². The average molecular weight is 283 g/mol. The van der Waals surface area contributed by atoms with E-state index in [1.54, 1.807) is 6.92 Å². The highest BCUT2D eigenvalue weighted by Crippen LogP contribution is 1.94. The zero-order chi connectivity index (χ0) is 15.1. The van der Waals surface area contributed by atoms with Gasteiger partial charge in [-0.05, 0) is 6.92 Å². The van der Waals surface area contributed by atoms with Gasteiger partial charge in [-0.1, -0.05) is 0 Å². The zero-order valence-corrected chi connectivity index (χ0v) is 11.4. The Hall–Kier alpha value is -2.38. The SMILES string of the molecule is CCOC(=O)CCN(C)C(=O)Cn1ccc(=O)[nH]c1=O. The van der Waals surface area contributed by atoms with Crippen LogP contribution in [-0.4, -0.2) is 46.5 Å². The van der Waals surface area contributed by atoms with E-state index in [9.17, 15) is 19.2 Å². The van der Waals surface area contributed by atoms with Crippen molar-refractivity contribution in [3.8, 4) is 0 Å². The molecular formula is C12H17N3O5. The van der Waals surface area contributed by atoms with Gasteiger partial charge in [-0.3, -0.25) is 23.9 Å². The lowest BCUT2D eigenvalue weighted by atomic mass is 10.4. The van der Waals surface area contributed by atoms with E-state index < -0.39 is 11.2 Å². The van der Waals surface area contributed by atoms with Gasteiger partial charge in [-0.25, -0.2) is 4.79 Å². The molecular weight excluding hydrogens is 266 g/mol. The summed E-state index contributed by atoms with van der Waals surface area (Å²) in [7, 11) is 1.53. The molecule has 0 bridgehead atoms. The van der Waals surface area contributed by atoms with Crippen molar-refractivity contribution in [2.75, 3.05) is 20.2 Å². The monoisotopic (exact) mass is 283 g/mol. The van der Waals surface area contributed by atoms with Gasteiger partial charge >= 0.3 is 11.7 Å². The van der Waals surface area contributed by atoms with E-state index >= 15 is 0 Å². The van der Waals surface area contributed by atoms with Crippen molar-refractivity contribution >= 4 is 11.9 Å². The molecule has 1 heterocycles. The van der Waals surface area contributed by atoms with E-state index in [-0.39, 0.29) is 31.4 Å². The molecule has 0 unspecified atom stereocenters. The molecule has 0 saturated heterocycles. The lowest BCUT2D eigenvalue weighted by molar-refractivity contribution is -0.143. The summed E-state index contributed by atoms with van der Waals surface area (Å²) in [4.78, 5) is 48.7. The third-order valence-corrected chi connectivity index (χ3v) is 2.58. The maximum Gasteiger partial charge on any atom is 0.328 e. The molecule has 0 aliphatic heterocycles. The number of amides is 1. The molecule has 110 valence electrons. The lowest BCUT2D eigenvalue weighted by Gasteiger charge is -2.17. The summed E-state index contributed by atoms with van der Waals surface area (Å²) in [5, 5.41) is 0. The van der Waals surface area contributed by atoms with Crippen LogP contribution in [-0.2, 0) is 20.9 Å². The van der Waals surface area contributed by atoms with Crippen molar-refractivity contribution in [2.45, 2.75) is 19.9 Å². The van der Waals surface area contributed by atoms with Crippen LogP contribution in [0.25, 0.3) is 0 Å². The summed E-state index contributed by atoms with van der Waals surface area (Å²) in [5.41, 5.74) is -1.17. The van der Waals surface area contributed by atoms with Crippen LogP contribution in [0.5, 0.6) is 0 Å². The molecule has 0 radical (unpaired) electrons. The quantitative estimate of drug-likeness (QED) is 0.671. The molecule has 1 N–H and O–H groups in total. The number of carbonyl (C=O) groups excluding carboxylic acids is 2. The molecule has 1 aromatic heterocycles. The number of ether oxygens (including phenoxy) is 1. The number of rotatable bonds is 6. The second kappa shape index (κ2) is 7.27. The fraction of sp³-hybridized carbons (Fsp3) is 0.500. The average Bonchev–Trinajstić information content (AvgIpc) is 2.39. The van der Waals surface area contributed by atoms with E-state index in [0.29, 0.717) is 6.61 Å². The summed E-state index contributed by atoms with van der Waals surface area (Å²) in [5.74, 6) is -0.725. The Labute approximate surface area is 115 Å². The number of carbonyl (C=O) groups is 2. The van der Waals surface area contributed by atoms with Gasteiger partial charge in [0.1, 0.15) is 6.54 Å². The van der Waals surface area contributed by atoms with Crippen molar-refractivity contribution in [1.29, 1.82) is 0 Å². The molecule has 0 spiro atoms. The van der Waals surface area contributed by atoms with Crippen LogP contribution in [0.1, 0.15) is 13.3 Å². The van der Waals surface area contributed by atoms with E-state index in [4.69, 9.17) is 4.74 Å². The second-order valence-corrected chi connectivity index (χ2v) is 4.11. The lowest BCUT2D eigenvalue weighted by Crippen LogP contribution is -2.37. The van der Waals surface area contributed by atoms with E-state index in [1.165, 1.54) is 18.1 Å². The van der Waals surface area contributed by atoms with Gasteiger partial charge in [-0.2, -0.15) is 0 Å². The Morgan fingerprint density at radius 1 is 1.40 bits per heavy atom. The molecule has 8 heteroatoms. The smallest absolute Gasteiger partial charge is 0.328 e. The molecule has 0 aliphatic rings. The standard InChI is InChI=1S/C12H17N3O5/c1-3-20-11(18)5-6-14(2)10(17)8-15-7-4-9(16)13-12(15)19/h4,7H,3,5-6,8H2,1-2H3,(H,13,16,19). The van der Waals surface area contributed by atoms with Gasteiger partial charge in [0.2, 0.25) is 5.91 Å². The molecule has 0 atom stereocenters. The molecule has 1 amide bonds. The number of H-pyrrole nitrogens is 1. The summed E-state index contributed by atoms with van der Waals surface area (Å²) in [6.07, 6.45) is 1.34. The van der Waals surface area contributed by atoms with Gasteiger partial charge in [0.05, 0.1) is 13.0 Å². The van der Waals surface area contributed by atoms with Crippen LogP contribution in [0.3, 0.4) is 0 Å². The highest BCUT2D eigenvalue weighted by Gasteiger charge is 2.12. The largest absolute Gasteiger partial charge is 0.466 e. The van der Waals surface area contributed by atoms with Crippen LogP contribution < -0.4 is 11.2 Å². The maximum atomic E-state index is 11.8. The predicted molar refractivity (Wildman–Crippen MR) is 70.2 cm³/mol. The Morgan fingerprint density at radius 2 is 2.10 bits per heavy atom. The highest BCUT2D eigenvalue weighted by atomic mass is 16.5. The van der Waals surface area contributed by atoms with Crippen molar-refractivity contribution < 1.29 is 14.3 Å². The van der Waals surface area contributed by atoms with Gasteiger partial charge in [-0.15, -0.1) is 0 Å². The van der Waals surface area contributed by atoms with Gasteiger partial charge < -0.3 is 9.64 Å². The third kappa shape index (κ3) is 4.71. The highest BCUT2D eigenvalue weighted by molar-refractivity contribution is 5.76. The Balaban J connectivity index is 2.55. The second-order valence-electron chi connectivity index (χ2n) is 4.11. The molecule has 0 saturated carbocycles. The Kier molecular flexibility index (Phi) is 5.70. The van der Waals surface area contributed by atoms with Crippen LogP contribution in [0.4, 0.5) is 0 Å². The maximum absolute atomic E-state index is 11.8. The number of hydrogen-bond acceptors (Lipinski definition) is 5. The number of aromatic amines is 1. The molecule has 0 aliphatic carbocycles. The number of nitrogens with zero attached hydrogens (tertiary/aromatic N) is 2. The minimum absolute atomic E-state index is 0.0939. The van der Waals surface area contributed by atoms with Crippen LogP contribution >= 0.6 is 0 Å². The topological polar surface area (TPSA) is 101 Å². The molecule has 20 heavy (non-hydrogen) atoms. The van der Waals surface area contributed by atoms with Crippen molar-refractivity contribution in [3.63, 3.8) is 0 Å². The van der Waals surface area contributed by atoms with Gasteiger partial charge in [0, 0.05) is 25.9 Å². The first-order valence-electron chi connectivity index (χ1n) is 6.13. The summed E-state index contributed by atoms with van der Waals surface area (Å²) >= 11 is 0. The summed E-state index contributed by atoms with van der Waals surface area (Å²) in [6.45, 7) is 2.00. The minimum Gasteiger partial charge on any atom is -0.466 e. The molecule has 8 nitrogen and oxygen atoms in total. The fourth-order valence-electron chi connectivity index (χ4n) is 1.45. The first kappa shape index (κ1) is 15.7. The zero-order valence-electron chi connectivity index (χ0n) is 11.4. The molecule has 0 fully saturated rings. The summed E-state index contributed by atoms with van der Waals surface area (Å²) < 4.78 is 5.84. The van der Waals surface area contributed by atoms with E-state index in [1.807, 2.05) is 0 Å². The van der Waals surface area contributed by atoms with Gasteiger partial charge in [0.25, 0.3) is 5.56 Å². The Morgan fingerprint density at radius 3 is 2.70 bits per heavy atom. The minimum atomic E-state index is -0.648. The number of aromatic nitrogens is 2. The first-order chi connectivity index (χ1) is 9.43. The fourth-order valence-corrected chi connectivity index (χ4v) is 1.45. The molecule has 0 aromatic carbocycles. The first-order valence-corrected chi connectivity index (χ1v) is 6.13. The summed E-state index contributed by atoms with van der Waals surface area (Å²) in [6, 6.07) is 1.16. The molecule has 1 aromatic rings. The normalized spacial score (nSPS) is 10.1. The van der Waals surface area contributed by atoms with Crippen LogP contribution in [0, 0.1) is 0 Å². The number of likely N-dealkylation sites (N-methyl/N-ethyl adjacent to an activating group) is 1. The van der Waals surface area contributed by atoms with E-state index in [2.05, 4.69) is 4.98 Å². The Bertz CT molecular complexity index is 589. The van der Waals surface area contributed by atoms with E-state index in [0.717, 1.165) is 10.6 Å². The number of esters is 1. The van der Waals surface area contributed by atoms with Crippen molar-refractivity contribution in [1.82, 2.24) is 14.5 Å². The predicted octanol–water partition coefficient (Wildman–Crippen LogP) is -1.05. The van der Waals surface area contributed by atoms with Crippen LogP contribution in [0.15, 0.2) is 21.9 Å². The number of nitrogens with one attached hydrogen (secondary N) is 1. The molecule has 1 rings (SSSR count). The van der Waals surface area contributed by atoms with Gasteiger partial charge in [0.15, 0.2) is 0 Å². The number of hydrogen-bond donors (Lipinski definition) is 1. The van der Waals surface area contributed by atoms with Crippen molar-refractivity contribution in [3.05, 3.63) is 33.1 Å². The van der Waals surface area contributed by atoms with Crippen molar-refractivity contribution in [2.24, 2.45) is 0 Å². The third-order valence-electron chi connectivity index (χ3n) is 2.58.